The minimum Gasteiger partial charge on any atom is -0.383 e. The Morgan fingerprint density at radius 3 is 2.96 bits per heavy atom. The first-order valence-corrected chi connectivity index (χ1v) is 9.40. The minimum absolute atomic E-state index is 0. The van der Waals surface area contributed by atoms with E-state index in [0.717, 1.165) is 38.7 Å². The first-order chi connectivity index (χ1) is 11.2. The van der Waals surface area contributed by atoms with Crippen molar-refractivity contribution in [2.75, 3.05) is 39.9 Å². The van der Waals surface area contributed by atoms with Crippen molar-refractivity contribution in [2.24, 2.45) is 4.99 Å². The highest BCUT2D eigenvalue weighted by atomic mass is 127. The number of hydrogen-bond donors (Lipinski definition) is 2. The van der Waals surface area contributed by atoms with E-state index in [1.54, 1.807) is 18.4 Å². The van der Waals surface area contributed by atoms with E-state index in [1.165, 1.54) is 29.8 Å². The van der Waals surface area contributed by atoms with Crippen LogP contribution in [0, 0.1) is 6.92 Å². The fourth-order valence-corrected chi connectivity index (χ4v) is 3.73. The van der Waals surface area contributed by atoms with Crippen LogP contribution in [0.1, 0.15) is 30.2 Å². The molecule has 0 amide bonds. The summed E-state index contributed by atoms with van der Waals surface area (Å²) in [5, 5.41) is 8.99. The Morgan fingerprint density at radius 1 is 1.46 bits per heavy atom. The molecule has 1 atom stereocenters. The lowest BCUT2D eigenvalue weighted by atomic mass is 10.2. The zero-order valence-electron chi connectivity index (χ0n) is 15.0. The van der Waals surface area contributed by atoms with Gasteiger partial charge in [-0.05, 0) is 50.2 Å². The Bertz CT molecular complexity index is 495. The lowest BCUT2D eigenvalue weighted by Crippen LogP contribution is -2.45. The third-order valence-electron chi connectivity index (χ3n) is 4.28. The highest BCUT2D eigenvalue weighted by molar-refractivity contribution is 14.0. The monoisotopic (exact) mass is 466 g/mol. The van der Waals surface area contributed by atoms with Crippen molar-refractivity contribution in [2.45, 2.75) is 39.3 Å². The average Bonchev–Trinajstić information content (AvgIpc) is 3.17. The first-order valence-electron chi connectivity index (χ1n) is 8.52. The SMILES string of the molecule is CCNC(=NCc1sccc1C)NCC1CCCN1CCOC.I. The van der Waals surface area contributed by atoms with Gasteiger partial charge in [0.05, 0.1) is 13.2 Å². The molecule has 1 aromatic rings. The van der Waals surface area contributed by atoms with Gasteiger partial charge in [0.25, 0.3) is 0 Å². The van der Waals surface area contributed by atoms with Crippen molar-refractivity contribution >= 4 is 41.3 Å². The molecule has 0 radical (unpaired) electrons. The molecule has 2 rings (SSSR count). The maximum absolute atomic E-state index is 5.21. The summed E-state index contributed by atoms with van der Waals surface area (Å²) in [7, 11) is 1.77. The summed E-state index contributed by atoms with van der Waals surface area (Å²) in [5.74, 6) is 0.916. The van der Waals surface area contributed by atoms with Crippen molar-refractivity contribution in [3.8, 4) is 0 Å². The third-order valence-corrected chi connectivity index (χ3v) is 5.29. The second kappa shape index (κ2) is 12.1. The number of nitrogens with one attached hydrogen (secondary N) is 2. The van der Waals surface area contributed by atoms with Gasteiger partial charge in [0.15, 0.2) is 5.96 Å². The highest BCUT2D eigenvalue weighted by Gasteiger charge is 2.23. The molecule has 2 N–H and O–H groups in total. The summed E-state index contributed by atoms with van der Waals surface area (Å²) >= 11 is 1.78. The molecule has 138 valence electrons. The van der Waals surface area contributed by atoms with Crippen LogP contribution < -0.4 is 10.6 Å². The maximum Gasteiger partial charge on any atom is 0.191 e. The lowest BCUT2D eigenvalue weighted by molar-refractivity contribution is 0.141. The molecule has 0 aliphatic carbocycles. The topological polar surface area (TPSA) is 48.9 Å². The van der Waals surface area contributed by atoms with Crippen molar-refractivity contribution in [3.63, 3.8) is 0 Å². The van der Waals surface area contributed by atoms with Crippen LogP contribution in [0.5, 0.6) is 0 Å². The summed E-state index contributed by atoms with van der Waals surface area (Å²) in [6.45, 7) is 9.83. The van der Waals surface area contributed by atoms with Gasteiger partial charge < -0.3 is 15.4 Å². The van der Waals surface area contributed by atoms with Crippen LogP contribution in [0.25, 0.3) is 0 Å². The van der Waals surface area contributed by atoms with Crippen molar-refractivity contribution < 1.29 is 4.74 Å². The molecule has 1 saturated heterocycles. The average molecular weight is 466 g/mol. The quantitative estimate of drug-likeness (QED) is 0.352. The Kier molecular flexibility index (Phi) is 10.9. The zero-order valence-corrected chi connectivity index (χ0v) is 18.2. The van der Waals surface area contributed by atoms with Gasteiger partial charge in [-0.1, -0.05) is 0 Å². The molecule has 5 nitrogen and oxygen atoms in total. The number of guanidine groups is 1. The van der Waals surface area contributed by atoms with Gasteiger partial charge in [0.2, 0.25) is 0 Å². The Balaban J connectivity index is 0.00000288. The molecule has 1 aliphatic rings. The fourth-order valence-electron chi connectivity index (χ4n) is 2.90. The van der Waals surface area contributed by atoms with E-state index in [-0.39, 0.29) is 24.0 Å². The number of rotatable bonds is 8. The van der Waals surface area contributed by atoms with Gasteiger partial charge in [0.1, 0.15) is 0 Å². The number of aliphatic imine (C=N–C) groups is 1. The molecule has 1 aliphatic heterocycles. The largest absolute Gasteiger partial charge is 0.383 e. The Labute approximate surface area is 167 Å². The summed E-state index contributed by atoms with van der Waals surface area (Å²) in [5.41, 5.74) is 1.33. The molecule has 0 aromatic carbocycles. The Hall–Kier alpha value is -0.380. The predicted octanol–water partition coefficient (Wildman–Crippen LogP) is 2.84. The second-order valence-corrected chi connectivity index (χ2v) is 6.93. The van der Waals surface area contributed by atoms with E-state index < -0.39 is 0 Å². The molecule has 7 heteroatoms. The molecule has 0 bridgehead atoms. The van der Waals surface area contributed by atoms with E-state index >= 15 is 0 Å². The summed E-state index contributed by atoms with van der Waals surface area (Å²) in [4.78, 5) is 8.58. The minimum atomic E-state index is 0. The number of aryl methyl sites for hydroxylation is 1. The molecule has 1 fully saturated rings. The van der Waals surface area contributed by atoms with Gasteiger partial charge in [-0.25, -0.2) is 4.99 Å². The summed E-state index contributed by atoms with van der Waals surface area (Å²) < 4.78 is 5.21. The smallest absolute Gasteiger partial charge is 0.191 e. The number of likely N-dealkylation sites (tertiary alicyclic amines) is 1. The van der Waals surface area contributed by atoms with Gasteiger partial charge >= 0.3 is 0 Å². The number of halogens is 1. The predicted molar refractivity (Wildman–Crippen MR) is 114 cm³/mol. The lowest BCUT2D eigenvalue weighted by Gasteiger charge is -2.25. The number of thiophene rings is 1. The molecule has 2 heterocycles. The second-order valence-electron chi connectivity index (χ2n) is 5.93. The molecule has 0 saturated carbocycles. The van der Waals surface area contributed by atoms with Crippen LogP contribution >= 0.6 is 35.3 Å². The molecule has 0 spiro atoms. The van der Waals surface area contributed by atoms with Crippen LogP contribution in [-0.4, -0.2) is 56.8 Å². The van der Waals surface area contributed by atoms with Crippen LogP contribution in [0.15, 0.2) is 16.4 Å². The van der Waals surface area contributed by atoms with Crippen LogP contribution in [0.2, 0.25) is 0 Å². The zero-order chi connectivity index (χ0) is 16.5. The van der Waals surface area contributed by atoms with Crippen molar-refractivity contribution in [3.05, 3.63) is 21.9 Å². The van der Waals surface area contributed by atoms with E-state index in [0.29, 0.717) is 6.04 Å². The van der Waals surface area contributed by atoms with E-state index in [2.05, 4.69) is 40.8 Å². The standard InChI is InChI=1S/C17H30N4OS.HI/c1-4-18-17(20-13-16-14(2)7-11-23-16)19-12-15-6-5-8-21(15)9-10-22-3;/h7,11,15H,4-6,8-10,12-13H2,1-3H3,(H2,18,19,20);1H. The first kappa shape index (κ1) is 21.7. The van der Waals surface area contributed by atoms with Crippen molar-refractivity contribution in [1.82, 2.24) is 15.5 Å². The summed E-state index contributed by atoms with van der Waals surface area (Å²) in [6.07, 6.45) is 2.53. The van der Waals surface area contributed by atoms with Crippen LogP contribution in [0.3, 0.4) is 0 Å². The molecule has 1 unspecified atom stereocenters. The molecular formula is C17H31IN4OS. The van der Waals surface area contributed by atoms with Gasteiger partial charge in [-0.15, -0.1) is 35.3 Å². The third kappa shape index (κ3) is 6.85. The molecule has 24 heavy (non-hydrogen) atoms. The van der Waals surface area contributed by atoms with Gasteiger partial charge in [-0.2, -0.15) is 0 Å². The number of ether oxygens (including phenoxy) is 1. The van der Waals surface area contributed by atoms with Crippen LogP contribution in [0.4, 0.5) is 0 Å². The number of nitrogens with zero attached hydrogens (tertiary/aromatic N) is 2. The van der Waals surface area contributed by atoms with Crippen LogP contribution in [-0.2, 0) is 11.3 Å². The van der Waals surface area contributed by atoms with E-state index in [1.807, 2.05) is 0 Å². The molecular weight excluding hydrogens is 435 g/mol. The van der Waals surface area contributed by atoms with Gasteiger partial charge in [0, 0.05) is 37.7 Å². The number of methoxy groups -OCH3 is 1. The fraction of sp³-hybridized carbons (Fsp3) is 0.706. The van der Waals surface area contributed by atoms with E-state index in [4.69, 9.17) is 9.73 Å². The summed E-state index contributed by atoms with van der Waals surface area (Å²) in [6, 6.07) is 2.74. The van der Waals surface area contributed by atoms with E-state index in [9.17, 15) is 0 Å². The van der Waals surface area contributed by atoms with Gasteiger partial charge in [-0.3, -0.25) is 4.90 Å². The van der Waals surface area contributed by atoms with Crippen molar-refractivity contribution in [1.29, 1.82) is 0 Å². The molecule has 1 aromatic heterocycles. The number of hydrogen-bond acceptors (Lipinski definition) is 4. The maximum atomic E-state index is 5.21. The highest BCUT2D eigenvalue weighted by Crippen LogP contribution is 2.17. The normalized spacial score (nSPS) is 18.5. The Morgan fingerprint density at radius 2 is 2.29 bits per heavy atom.